The number of hydrogen-bond donors (Lipinski definition) is 0. The molecule has 3 heterocycles. The molecular weight excluding hydrogens is 256 g/mol. The largest absolute Gasteiger partial charge is 0.378 e. The molecular formula is C14H20N4O2. The third-order valence-electron chi connectivity index (χ3n) is 3.95. The number of morpholine rings is 1. The minimum atomic E-state index is 0.0865. The van der Waals surface area contributed by atoms with Crippen molar-refractivity contribution in [2.75, 3.05) is 44.3 Å². The van der Waals surface area contributed by atoms with E-state index in [-0.39, 0.29) is 11.8 Å². The van der Waals surface area contributed by atoms with Crippen LogP contribution in [0.2, 0.25) is 0 Å². The Kier molecular flexibility index (Phi) is 3.82. The molecule has 6 heteroatoms. The first kappa shape index (κ1) is 13.3. The smallest absolute Gasteiger partial charge is 0.227 e. The number of anilines is 1. The molecule has 0 radical (unpaired) electrons. The van der Waals surface area contributed by atoms with E-state index in [1.807, 2.05) is 17.9 Å². The molecule has 1 unspecified atom stereocenters. The van der Waals surface area contributed by atoms with Crippen LogP contribution in [0.3, 0.4) is 0 Å². The van der Waals surface area contributed by atoms with Crippen LogP contribution < -0.4 is 4.90 Å². The molecule has 0 spiro atoms. The summed E-state index contributed by atoms with van der Waals surface area (Å²) in [5, 5.41) is 0. The van der Waals surface area contributed by atoms with Crippen molar-refractivity contribution in [2.24, 2.45) is 5.92 Å². The molecule has 1 amide bonds. The van der Waals surface area contributed by atoms with Crippen molar-refractivity contribution >= 4 is 11.7 Å². The Hall–Kier alpha value is -1.69. The molecule has 0 saturated carbocycles. The van der Waals surface area contributed by atoms with E-state index in [0.717, 1.165) is 44.2 Å². The predicted molar refractivity (Wildman–Crippen MR) is 74.5 cm³/mol. The quantitative estimate of drug-likeness (QED) is 0.786. The van der Waals surface area contributed by atoms with E-state index in [4.69, 9.17) is 4.74 Å². The summed E-state index contributed by atoms with van der Waals surface area (Å²) in [6.45, 7) is 6.30. The number of carbonyl (C=O) groups excluding carboxylic acids is 1. The van der Waals surface area contributed by atoms with Gasteiger partial charge in [0.15, 0.2) is 0 Å². The molecule has 20 heavy (non-hydrogen) atoms. The van der Waals surface area contributed by atoms with Gasteiger partial charge in [-0.3, -0.25) is 4.79 Å². The van der Waals surface area contributed by atoms with Crippen LogP contribution in [-0.4, -0.2) is 60.2 Å². The Morgan fingerprint density at radius 3 is 2.90 bits per heavy atom. The lowest BCUT2D eigenvalue weighted by Crippen LogP contribution is -2.44. The molecule has 6 nitrogen and oxygen atoms in total. The minimum absolute atomic E-state index is 0.0865. The topological polar surface area (TPSA) is 58.6 Å². The van der Waals surface area contributed by atoms with Gasteiger partial charge in [0.2, 0.25) is 5.91 Å². The highest BCUT2D eigenvalue weighted by Gasteiger charge is 2.32. The van der Waals surface area contributed by atoms with Crippen LogP contribution in [0.4, 0.5) is 5.82 Å². The average Bonchev–Trinajstić information content (AvgIpc) is 2.97. The van der Waals surface area contributed by atoms with Gasteiger partial charge in [0.1, 0.15) is 11.6 Å². The van der Waals surface area contributed by atoms with Crippen LogP contribution >= 0.6 is 0 Å². The molecule has 0 aliphatic carbocycles. The number of aryl methyl sites for hydroxylation is 1. The Morgan fingerprint density at radius 2 is 2.15 bits per heavy atom. The number of rotatable bonds is 2. The van der Waals surface area contributed by atoms with Crippen molar-refractivity contribution in [3.63, 3.8) is 0 Å². The molecule has 1 atom stereocenters. The second kappa shape index (κ2) is 5.75. The summed E-state index contributed by atoms with van der Waals surface area (Å²) in [5.74, 6) is 2.05. The van der Waals surface area contributed by atoms with Crippen molar-refractivity contribution < 1.29 is 9.53 Å². The molecule has 2 aliphatic rings. The fourth-order valence-corrected chi connectivity index (χ4v) is 2.83. The van der Waals surface area contributed by atoms with Gasteiger partial charge in [0.25, 0.3) is 0 Å². The summed E-state index contributed by atoms with van der Waals surface area (Å²) in [6.07, 6.45) is 2.67. The standard InChI is InChI=1S/C14H20N4O2/c1-11-15-4-2-13(16-11)18-5-3-12(10-18)14(19)17-6-8-20-9-7-17/h2,4,12H,3,5-10H2,1H3. The molecule has 1 aromatic heterocycles. The van der Waals surface area contributed by atoms with Crippen molar-refractivity contribution in [2.45, 2.75) is 13.3 Å². The number of ether oxygens (including phenoxy) is 1. The van der Waals surface area contributed by atoms with E-state index < -0.39 is 0 Å². The van der Waals surface area contributed by atoms with E-state index in [9.17, 15) is 4.79 Å². The van der Waals surface area contributed by atoms with Crippen LogP contribution in [0.5, 0.6) is 0 Å². The molecule has 0 N–H and O–H groups in total. The molecule has 2 saturated heterocycles. The van der Waals surface area contributed by atoms with Crippen LogP contribution in [0.25, 0.3) is 0 Å². The number of nitrogens with zero attached hydrogens (tertiary/aromatic N) is 4. The Labute approximate surface area is 118 Å². The lowest BCUT2D eigenvalue weighted by atomic mass is 10.1. The molecule has 3 rings (SSSR count). The predicted octanol–water partition coefficient (Wildman–Crippen LogP) is 0.470. The van der Waals surface area contributed by atoms with Gasteiger partial charge in [-0.2, -0.15) is 0 Å². The lowest BCUT2D eigenvalue weighted by Gasteiger charge is -2.29. The van der Waals surface area contributed by atoms with Gasteiger partial charge in [-0.1, -0.05) is 0 Å². The highest BCUT2D eigenvalue weighted by molar-refractivity contribution is 5.80. The third-order valence-corrected chi connectivity index (χ3v) is 3.95. The maximum absolute atomic E-state index is 12.5. The van der Waals surface area contributed by atoms with Crippen LogP contribution in [0, 0.1) is 12.8 Å². The first-order valence-corrected chi connectivity index (χ1v) is 7.15. The van der Waals surface area contributed by atoms with Crippen LogP contribution in [0.1, 0.15) is 12.2 Å². The fraction of sp³-hybridized carbons (Fsp3) is 0.643. The normalized spacial score (nSPS) is 23.1. The van der Waals surface area contributed by atoms with Crippen LogP contribution in [-0.2, 0) is 9.53 Å². The maximum atomic E-state index is 12.5. The van der Waals surface area contributed by atoms with Crippen molar-refractivity contribution in [1.82, 2.24) is 14.9 Å². The summed E-state index contributed by atoms with van der Waals surface area (Å²) in [4.78, 5) is 25.1. The van der Waals surface area contributed by atoms with Gasteiger partial charge in [0.05, 0.1) is 19.1 Å². The zero-order chi connectivity index (χ0) is 13.9. The highest BCUT2D eigenvalue weighted by Crippen LogP contribution is 2.23. The van der Waals surface area contributed by atoms with Crippen LogP contribution in [0.15, 0.2) is 12.3 Å². The molecule has 0 bridgehead atoms. The van der Waals surface area contributed by atoms with Crippen molar-refractivity contribution in [3.8, 4) is 0 Å². The van der Waals surface area contributed by atoms with Gasteiger partial charge in [0, 0.05) is 32.4 Å². The number of carbonyl (C=O) groups is 1. The molecule has 108 valence electrons. The van der Waals surface area contributed by atoms with E-state index in [1.54, 1.807) is 6.20 Å². The molecule has 0 aromatic carbocycles. The van der Waals surface area contributed by atoms with E-state index in [2.05, 4.69) is 14.9 Å². The minimum Gasteiger partial charge on any atom is -0.378 e. The van der Waals surface area contributed by atoms with E-state index in [1.165, 1.54) is 0 Å². The molecule has 1 aromatic rings. The Bertz CT molecular complexity index is 488. The Balaban J connectivity index is 1.63. The fourth-order valence-electron chi connectivity index (χ4n) is 2.83. The van der Waals surface area contributed by atoms with Gasteiger partial charge in [-0.15, -0.1) is 0 Å². The van der Waals surface area contributed by atoms with Gasteiger partial charge < -0.3 is 14.5 Å². The van der Waals surface area contributed by atoms with Gasteiger partial charge in [-0.25, -0.2) is 9.97 Å². The summed E-state index contributed by atoms with van der Waals surface area (Å²) < 4.78 is 5.29. The number of hydrogen-bond acceptors (Lipinski definition) is 5. The first-order valence-electron chi connectivity index (χ1n) is 7.15. The zero-order valence-electron chi connectivity index (χ0n) is 11.8. The number of amides is 1. The zero-order valence-corrected chi connectivity index (χ0v) is 11.8. The van der Waals surface area contributed by atoms with Crippen molar-refractivity contribution in [1.29, 1.82) is 0 Å². The Morgan fingerprint density at radius 1 is 1.35 bits per heavy atom. The van der Waals surface area contributed by atoms with Gasteiger partial charge >= 0.3 is 0 Å². The second-order valence-electron chi connectivity index (χ2n) is 5.33. The average molecular weight is 276 g/mol. The highest BCUT2D eigenvalue weighted by atomic mass is 16.5. The SMILES string of the molecule is Cc1nccc(N2CCC(C(=O)N3CCOCC3)C2)n1. The monoisotopic (exact) mass is 276 g/mol. The maximum Gasteiger partial charge on any atom is 0.227 e. The van der Waals surface area contributed by atoms with E-state index >= 15 is 0 Å². The lowest BCUT2D eigenvalue weighted by molar-refractivity contribution is -0.138. The summed E-state index contributed by atoms with van der Waals surface area (Å²) >= 11 is 0. The summed E-state index contributed by atoms with van der Waals surface area (Å²) in [5.41, 5.74) is 0. The van der Waals surface area contributed by atoms with E-state index in [0.29, 0.717) is 13.2 Å². The number of aromatic nitrogens is 2. The second-order valence-corrected chi connectivity index (χ2v) is 5.33. The summed E-state index contributed by atoms with van der Waals surface area (Å²) in [6, 6.07) is 1.91. The van der Waals surface area contributed by atoms with Gasteiger partial charge in [-0.05, 0) is 19.4 Å². The van der Waals surface area contributed by atoms with Crippen molar-refractivity contribution in [3.05, 3.63) is 18.1 Å². The first-order chi connectivity index (χ1) is 9.74. The summed E-state index contributed by atoms with van der Waals surface area (Å²) in [7, 11) is 0. The molecule has 2 aliphatic heterocycles. The molecule has 2 fully saturated rings. The third kappa shape index (κ3) is 2.75.